The summed E-state index contributed by atoms with van der Waals surface area (Å²) >= 11 is 1.52. The second kappa shape index (κ2) is 10.5. The van der Waals surface area contributed by atoms with E-state index in [4.69, 9.17) is 15.2 Å². The van der Waals surface area contributed by atoms with Crippen LogP contribution >= 0.6 is 11.3 Å². The predicted molar refractivity (Wildman–Crippen MR) is 123 cm³/mol. The van der Waals surface area contributed by atoms with Crippen molar-refractivity contribution in [3.05, 3.63) is 52.9 Å². The number of nitrogens with zero attached hydrogens (tertiary/aromatic N) is 2. The van der Waals surface area contributed by atoms with Crippen LogP contribution in [-0.4, -0.2) is 64.0 Å². The van der Waals surface area contributed by atoms with Crippen LogP contribution in [0.15, 0.2) is 42.5 Å². The molecule has 0 aliphatic carbocycles. The number of hydrogen-bond acceptors (Lipinski definition) is 5. The first-order valence-corrected chi connectivity index (χ1v) is 11.4. The van der Waals surface area contributed by atoms with Crippen LogP contribution in [0.3, 0.4) is 0 Å². The summed E-state index contributed by atoms with van der Waals surface area (Å²) in [7, 11) is 3.94. The Hall–Kier alpha value is -1.77. The summed E-state index contributed by atoms with van der Waals surface area (Å²) in [6.07, 6.45) is 2.28. The third-order valence-electron chi connectivity index (χ3n) is 5.98. The van der Waals surface area contributed by atoms with E-state index in [1.165, 1.54) is 21.9 Å². The Morgan fingerprint density at radius 2 is 2.07 bits per heavy atom. The van der Waals surface area contributed by atoms with Gasteiger partial charge in [0, 0.05) is 31.8 Å². The van der Waals surface area contributed by atoms with Crippen molar-refractivity contribution in [3.8, 4) is 0 Å². The molecule has 30 heavy (non-hydrogen) atoms. The van der Waals surface area contributed by atoms with Crippen LogP contribution in [0, 0.1) is 0 Å². The summed E-state index contributed by atoms with van der Waals surface area (Å²) in [6, 6.07) is 14.9. The van der Waals surface area contributed by atoms with Gasteiger partial charge in [-0.3, -0.25) is 14.2 Å². The van der Waals surface area contributed by atoms with Gasteiger partial charge < -0.3 is 15.2 Å². The van der Waals surface area contributed by atoms with Crippen LogP contribution in [0.25, 0.3) is 0 Å². The summed E-state index contributed by atoms with van der Waals surface area (Å²) in [5.41, 5.74) is 6.86. The summed E-state index contributed by atoms with van der Waals surface area (Å²) < 4.78 is 11.6. The molecule has 1 aliphatic heterocycles. The minimum Gasteiger partial charge on any atom is -0.365 e. The molecule has 3 rings (SSSR count). The number of carbonyl (C=O) groups excluding carboxylic acids is 1. The second-order valence-electron chi connectivity index (χ2n) is 8.16. The molecule has 3 atom stereocenters. The molecule has 0 bridgehead atoms. The average Bonchev–Trinajstić information content (AvgIpc) is 3.41. The van der Waals surface area contributed by atoms with Crippen molar-refractivity contribution < 1.29 is 14.3 Å². The van der Waals surface area contributed by atoms with E-state index >= 15 is 0 Å². The number of ether oxygens (including phenoxy) is 2. The molecule has 1 aromatic carbocycles. The molecule has 2 heterocycles. The Balaban J connectivity index is 1.90. The molecular formula is C23H34N3O3S+. The zero-order chi connectivity index (χ0) is 21.6. The molecule has 0 spiro atoms. The largest absolute Gasteiger partial charge is 0.365 e. The summed E-state index contributed by atoms with van der Waals surface area (Å²) in [5, 5.41) is 1.17. The Kier molecular flexibility index (Phi) is 8.02. The molecule has 2 aromatic rings. The number of thiophene rings is 1. The third kappa shape index (κ3) is 5.28. The van der Waals surface area contributed by atoms with E-state index in [0.717, 1.165) is 43.5 Å². The average molecular weight is 433 g/mol. The van der Waals surface area contributed by atoms with Crippen LogP contribution in [-0.2, 0) is 9.47 Å². The minimum absolute atomic E-state index is 0.217. The Morgan fingerprint density at radius 3 is 2.70 bits per heavy atom. The first kappa shape index (κ1) is 22.9. The number of quaternary nitrogens is 1. The van der Waals surface area contributed by atoms with Gasteiger partial charge in [0.1, 0.15) is 12.8 Å². The van der Waals surface area contributed by atoms with Crippen molar-refractivity contribution in [2.45, 2.75) is 31.9 Å². The van der Waals surface area contributed by atoms with Gasteiger partial charge in [-0.15, -0.1) is 0 Å². The van der Waals surface area contributed by atoms with Gasteiger partial charge in [-0.05, 0) is 18.9 Å². The monoisotopic (exact) mass is 432 g/mol. The van der Waals surface area contributed by atoms with Crippen molar-refractivity contribution in [1.82, 2.24) is 9.38 Å². The second-order valence-corrected chi connectivity index (χ2v) is 9.23. The van der Waals surface area contributed by atoms with Gasteiger partial charge >= 0.3 is 0 Å². The number of amides is 1. The topological polar surface area (TPSA) is 64.8 Å². The van der Waals surface area contributed by atoms with Crippen LogP contribution < -0.4 is 10.2 Å². The highest BCUT2D eigenvalue weighted by Gasteiger charge is 2.39. The van der Waals surface area contributed by atoms with Gasteiger partial charge in [-0.1, -0.05) is 48.6 Å². The molecule has 0 radical (unpaired) electrons. The summed E-state index contributed by atoms with van der Waals surface area (Å²) in [4.78, 5) is 14.8. The molecule has 0 saturated carbocycles. The first-order valence-electron chi connectivity index (χ1n) is 10.6. The molecule has 6 nitrogen and oxygen atoms in total. The molecule has 1 aromatic heterocycles. The SMILES string of the molecule is CCC[N+](C)(c1ccc(C(N)=O)s1)[C@H](CN1CC[C@H](OCOC)C1)c1ccccc1. The van der Waals surface area contributed by atoms with E-state index in [1.54, 1.807) is 7.11 Å². The highest BCUT2D eigenvalue weighted by molar-refractivity contribution is 7.17. The molecular weight excluding hydrogens is 398 g/mol. The number of rotatable bonds is 11. The number of benzene rings is 1. The first-order chi connectivity index (χ1) is 14.5. The van der Waals surface area contributed by atoms with Crippen molar-refractivity contribution in [2.24, 2.45) is 5.73 Å². The molecule has 1 amide bonds. The van der Waals surface area contributed by atoms with E-state index in [1.807, 2.05) is 6.07 Å². The summed E-state index contributed by atoms with van der Waals surface area (Å²) in [5.74, 6) is -0.358. The van der Waals surface area contributed by atoms with E-state index in [0.29, 0.717) is 11.7 Å². The smallest absolute Gasteiger partial charge is 0.258 e. The Bertz CT molecular complexity index is 813. The van der Waals surface area contributed by atoms with Crippen molar-refractivity contribution in [1.29, 1.82) is 0 Å². The van der Waals surface area contributed by atoms with E-state index < -0.39 is 0 Å². The third-order valence-corrected chi connectivity index (χ3v) is 7.30. The zero-order valence-electron chi connectivity index (χ0n) is 18.3. The van der Waals surface area contributed by atoms with Crippen LogP contribution in [0.2, 0.25) is 0 Å². The fourth-order valence-electron chi connectivity index (χ4n) is 4.42. The number of likely N-dealkylation sites (tertiary alicyclic amines) is 1. The standard InChI is InChI=1S/C23H33N3O3S/c1-4-14-26(2,22-11-10-21(30-22)23(24)27)20(18-8-6-5-7-9-18)16-25-13-12-19(15-25)29-17-28-3/h5-11,19-20H,4,12-17H2,1-3H3,(H-,24,27)/p+1/t19-,20+,26?/m0/s1. The number of nitrogens with two attached hydrogens (primary N) is 1. The summed E-state index contributed by atoms with van der Waals surface area (Å²) in [6.45, 7) is 6.39. The minimum atomic E-state index is -0.358. The quantitative estimate of drug-likeness (QED) is 0.435. The van der Waals surface area contributed by atoms with E-state index in [9.17, 15) is 4.79 Å². The molecule has 1 unspecified atom stereocenters. The molecule has 164 valence electrons. The highest BCUT2D eigenvalue weighted by Crippen LogP contribution is 2.39. The van der Waals surface area contributed by atoms with Gasteiger partial charge in [0.15, 0.2) is 5.00 Å². The number of hydrogen-bond donors (Lipinski definition) is 1. The fourth-order valence-corrected chi connectivity index (χ4v) is 5.44. The maximum Gasteiger partial charge on any atom is 0.258 e. The fraction of sp³-hybridized carbons (Fsp3) is 0.522. The number of primary amides is 1. The molecule has 1 fully saturated rings. The van der Waals surface area contributed by atoms with Crippen LogP contribution in [0.4, 0.5) is 5.00 Å². The van der Waals surface area contributed by atoms with Gasteiger partial charge in [0.2, 0.25) is 0 Å². The maximum absolute atomic E-state index is 11.7. The van der Waals surface area contributed by atoms with Gasteiger partial charge in [-0.25, -0.2) is 0 Å². The number of likely N-dealkylation sites (N-methyl/N-ethyl adjacent to an activating group) is 1. The lowest BCUT2D eigenvalue weighted by atomic mass is 10.0. The molecule has 2 N–H and O–H groups in total. The predicted octanol–water partition coefficient (Wildman–Crippen LogP) is 3.63. The van der Waals surface area contributed by atoms with Gasteiger partial charge in [0.25, 0.3) is 5.91 Å². The Morgan fingerprint density at radius 1 is 1.30 bits per heavy atom. The molecule has 1 saturated heterocycles. The number of carbonyl (C=O) groups is 1. The van der Waals surface area contributed by atoms with Crippen LogP contribution in [0.1, 0.15) is 41.0 Å². The van der Waals surface area contributed by atoms with E-state index in [2.05, 4.69) is 55.3 Å². The van der Waals surface area contributed by atoms with Gasteiger partial charge in [-0.2, -0.15) is 0 Å². The lowest BCUT2D eigenvalue weighted by molar-refractivity contribution is -0.0674. The maximum atomic E-state index is 11.7. The van der Waals surface area contributed by atoms with Crippen molar-refractivity contribution >= 4 is 22.2 Å². The number of methoxy groups -OCH3 is 1. The lowest BCUT2D eigenvalue weighted by Gasteiger charge is -2.42. The highest BCUT2D eigenvalue weighted by atomic mass is 32.1. The van der Waals surface area contributed by atoms with Gasteiger partial charge in [0.05, 0.1) is 31.1 Å². The van der Waals surface area contributed by atoms with Crippen molar-refractivity contribution in [3.63, 3.8) is 0 Å². The normalized spacial score (nSPS) is 20.2. The molecule has 7 heteroatoms. The lowest BCUT2D eigenvalue weighted by Crippen LogP contribution is -2.52. The van der Waals surface area contributed by atoms with Crippen molar-refractivity contribution in [2.75, 3.05) is 47.1 Å². The van der Waals surface area contributed by atoms with E-state index in [-0.39, 0.29) is 18.1 Å². The van der Waals surface area contributed by atoms with Crippen LogP contribution in [0.5, 0.6) is 0 Å². The zero-order valence-corrected chi connectivity index (χ0v) is 19.1. The molecule has 1 aliphatic rings. The Labute approximate surface area is 183 Å².